The van der Waals surface area contributed by atoms with E-state index in [9.17, 15) is 14.4 Å². The van der Waals surface area contributed by atoms with Gasteiger partial charge in [0.25, 0.3) is 0 Å². The Bertz CT molecular complexity index is 1420. The number of hydrogen-bond acceptors (Lipinski definition) is 6. The lowest BCUT2D eigenvalue weighted by Gasteiger charge is -2.18. The summed E-state index contributed by atoms with van der Waals surface area (Å²) in [6.45, 7) is 6.41. The van der Waals surface area contributed by atoms with Crippen LogP contribution in [0.5, 0.6) is 0 Å². The predicted octanol–water partition coefficient (Wildman–Crippen LogP) is 19.1. The first-order chi connectivity index (χ1) is 34.0. The molecular formula is C63H104O6. The van der Waals surface area contributed by atoms with E-state index in [-0.39, 0.29) is 37.5 Å². The van der Waals surface area contributed by atoms with Gasteiger partial charge in [0.1, 0.15) is 13.2 Å². The monoisotopic (exact) mass is 957 g/mol. The molecule has 0 aliphatic carbocycles. The Morgan fingerprint density at radius 1 is 0.304 bits per heavy atom. The van der Waals surface area contributed by atoms with Crippen LogP contribution in [0.1, 0.15) is 252 Å². The Hall–Kier alpha value is -3.93. The number of allylic oxidation sites excluding steroid dienone is 18. The van der Waals surface area contributed by atoms with Crippen molar-refractivity contribution in [3.05, 3.63) is 109 Å². The fourth-order valence-corrected chi connectivity index (χ4v) is 7.48. The highest BCUT2D eigenvalue weighted by Gasteiger charge is 2.19. The molecule has 0 bridgehead atoms. The van der Waals surface area contributed by atoms with Gasteiger partial charge in [-0.1, -0.05) is 220 Å². The highest BCUT2D eigenvalue weighted by atomic mass is 16.6. The molecule has 0 heterocycles. The minimum atomic E-state index is -0.818. The van der Waals surface area contributed by atoms with Crippen LogP contribution in [-0.4, -0.2) is 37.2 Å². The van der Waals surface area contributed by atoms with Crippen molar-refractivity contribution in [3.63, 3.8) is 0 Å². The van der Waals surface area contributed by atoms with Crippen molar-refractivity contribution in [2.24, 2.45) is 0 Å². The van der Waals surface area contributed by atoms with Crippen molar-refractivity contribution in [2.45, 2.75) is 258 Å². The molecule has 0 spiro atoms. The molecule has 0 fully saturated rings. The maximum Gasteiger partial charge on any atom is 0.306 e. The summed E-state index contributed by atoms with van der Waals surface area (Å²) >= 11 is 0. The van der Waals surface area contributed by atoms with E-state index in [4.69, 9.17) is 14.2 Å². The Labute approximate surface area is 425 Å². The Balaban J connectivity index is 4.50. The molecule has 0 rings (SSSR count). The van der Waals surface area contributed by atoms with Gasteiger partial charge in [0.15, 0.2) is 6.10 Å². The average molecular weight is 958 g/mol. The minimum absolute atomic E-state index is 0.109. The van der Waals surface area contributed by atoms with E-state index in [1.165, 1.54) is 96.3 Å². The van der Waals surface area contributed by atoms with Gasteiger partial charge in [-0.2, -0.15) is 0 Å². The molecule has 6 heteroatoms. The van der Waals surface area contributed by atoms with Crippen molar-refractivity contribution < 1.29 is 28.6 Å². The second-order valence-electron chi connectivity index (χ2n) is 18.5. The summed E-state index contributed by atoms with van der Waals surface area (Å²) in [6, 6.07) is 0. The molecule has 0 aromatic heterocycles. The highest BCUT2D eigenvalue weighted by Crippen LogP contribution is 2.14. The van der Waals surface area contributed by atoms with Crippen LogP contribution in [0.25, 0.3) is 0 Å². The molecule has 0 N–H and O–H groups in total. The van der Waals surface area contributed by atoms with E-state index in [0.717, 1.165) is 109 Å². The molecular weight excluding hydrogens is 853 g/mol. The van der Waals surface area contributed by atoms with E-state index in [1.807, 2.05) is 0 Å². The summed E-state index contributed by atoms with van der Waals surface area (Å²) in [4.78, 5) is 38.1. The number of rotatable bonds is 50. The smallest absolute Gasteiger partial charge is 0.306 e. The number of carbonyl (C=O) groups excluding carboxylic acids is 3. The Kier molecular flexibility index (Phi) is 53.4. The van der Waals surface area contributed by atoms with Gasteiger partial charge in [0.2, 0.25) is 0 Å². The first kappa shape index (κ1) is 65.1. The van der Waals surface area contributed by atoms with Crippen molar-refractivity contribution in [2.75, 3.05) is 13.2 Å². The standard InChI is InChI=1S/C63H104O6/c1-4-7-10-13-16-19-22-25-28-30-31-33-35-38-41-44-47-50-53-56-62(65)68-59-60(58-67-61(64)55-52-49-46-43-40-37-34-27-24-21-18-15-12-9-6-3)69-63(66)57-54-51-48-45-42-39-36-32-29-26-23-20-17-14-11-8-5-2/h9,12,16-21,25-29,34,36,39,45,48,60H,4-8,10-11,13-15,22-24,30-33,35,37-38,40-44,46-47,49-59H2,1-3H3/b12-9+,19-16+,20-17+,21-18+,28-25+,29-26+,34-27+,39-36+,48-45+/t60-/m1/s1. The van der Waals surface area contributed by atoms with E-state index in [1.54, 1.807) is 0 Å². The van der Waals surface area contributed by atoms with E-state index in [0.29, 0.717) is 19.3 Å². The molecule has 69 heavy (non-hydrogen) atoms. The number of carbonyl (C=O) groups is 3. The summed E-state index contributed by atoms with van der Waals surface area (Å²) in [5.41, 5.74) is 0. The van der Waals surface area contributed by atoms with Gasteiger partial charge >= 0.3 is 17.9 Å². The van der Waals surface area contributed by atoms with Gasteiger partial charge in [-0.05, 0) is 122 Å². The predicted molar refractivity (Wildman–Crippen MR) is 297 cm³/mol. The lowest BCUT2D eigenvalue weighted by molar-refractivity contribution is -0.167. The van der Waals surface area contributed by atoms with E-state index in [2.05, 4.69) is 130 Å². The maximum atomic E-state index is 12.8. The summed E-state index contributed by atoms with van der Waals surface area (Å²) in [5, 5.41) is 0. The van der Waals surface area contributed by atoms with Gasteiger partial charge < -0.3 is 14.2 Å². The third-order valence-electron chi connectivity index (χ3n) is 11.7. The molecule has 0 aromatic rings. The zero-order valence-corrected chi connectivity index (χ0v) is 44.8. The molecule has 392 valence electrons. The van der Waals surface area contributed by atoms with Crippen molar-refractivity contribution in [1.82, 2.24) is 0 Å². The number of hydrogen-bond donors (Lipinski definition) is 0. The summed E-state index contributed by atoms with van der Waals surface area (Å²) < 4.78 is 16.8. The summed E-state index contributed by atoms with van der Waals surface area (Å²) in [6.07, 6.45) is 76.5. The van der Waals surface area contributed by atoms with Crippen molar-refractivity contribution in [3.8, 4) is 0 Å². The topological polar surface area (TPSA) is 78.9 Å². The Morgan fingerprint density at radius 2 is 0.580 bits per heavy atom. The van der Waals surface area contributed by atoms with E-state index >= 15 is 0 Å². The molecule has 0 aromatic carbocycles. The third kappa shape index (κ3) is 54.9. The number of unbranched alkanes of at least 4 members (excludes halogenated alkanes) is 21. The minimum Gasteiger partial charge on any atom is -0.462 e. The number of ether oxygens (including phenoxy) is 3. The number of esters is 3. The largest absolute Gasteiger partial charge is 0.462 e. The zero-order chi connectivity index (χ0) is 50.0. The molecule has 1 atom stereocenters. The highest BCUT2D eigenvalue weighted by molar-refractivity contribution is 5.71. The van der Waals surface area contributed by atoms with Crippen LogP contribution in [0, 0.1) is 0 Å². The fourth-order valence-electron chi connectivity index (χ4n) is 7.48. The molecule has 6 nitrogen and oxygen atoms in total. The van der Waals surface area contributed by atoms with Crippen LogP contribution in [-0.2, 0) is 28.6 Å². The van der Waals surface area contributed by atoms with Gasteiger partial charge in [-0.25, -0.2) is 0 Å². The summed E-state index contributed by atoms with van der Waals surface area (Å²) in [7, 11) is 0. The summed E-state index contributed by atoms with van der Waals surface area (Å²) in [5.74, 6) is -0.988. The normalized spacial score (nSPS) is 12.9. The third-order valence-corrected chi connectivity index (χ3v) is 11.7. The quantitative estimate of drug-likeness (QED) is 0.0262. The molecule has 0 aliphatic heterocycles. The molecule has 0 amide bonds. The van der Waals surface area contributed by atoms with Crippen LogP contribution in [0.3, 0.4) is 0 Å². The van der Waals surface area contributed by atoms with Gasteiger partial charge in [-0.15, -0.1) is 0 Å². The first-order valence-electron chi connectivity index (χ1n) is 28.4. The lowest BCUT2D eigenvalue weighted by atomic mass is 10.1. The second-order valence-corrected chi connectivity index (χ2v) is 18.5. The molecule has 0 unspecified atom stereocenters. The maximum absolute atomic E-state index is 12.8. The lowest BCUT2D eigenvalue weighted by Crippen LogP contribution is -2.30. The second kappa shape index (κ2) is 56.7. The SMILES string of the molecule is CC/C=C/C/C=C/C/C=C/CCCCCCCC(=O)OC[C@H](COC(=O)CCCCCCCCCCC/C=C/C/C=C/CCCCC)OC(=O)CCC/C=C/C/C=C/C/C=C/C/C=C/CCCCC. The molecule has 0 radical (unpaired) electrons. The van der Waals surface area contributed by atoms with Crippen molar-refractivity contribution in [1.29, 1.82) is 0 Å². The van der Waals surface area contributed by atoms with Crippen LogP contribution in [0.2, 0.25) is 0 Å². The van der Waals surface area contributed by atoms with Crippen LogP contribution in [0.4, 0.5) is 0 Å². The Morgan fingerprint density at radius 3 is 0.928 bits per heavy atom. The molecule has 0 saturated carbocycles. The first-order valence-corrected chi connectivity index (χ1v) is 28.4. The van der Waals surface area contributed by atoms with Crippen LogP contribution < -0.4 is 0 Å². The molecule has 0 aliphatic rings. The van der Waals surface area contributed by atoms with Crippen LogP contribution >= 0.6 is 0 Å². The van der Waals surface area contributed by atoms with Crippen LogP contribution in [0.15, 0.2) is 109 Å². The van der Waals surface area contributed by atoms with Gasteiger partial charge in [0, 0.05) is 19.3 Å². The van der Waals surface area contributed by atoms with Gasteiger partial charge in [-0.3, -0.25) is 14.4 Å². The zero-order valence-electron chi connectivity index (χ0n) is 44.8. The average Bonchev–Trinajstić information content (AvgIpc) is 3.35. The molecule has 0 saturated heterocycles. The fraction of sp³-hybridized carbons (Fsp3) is 0.667. The van der Waals surface area contributed by atoms with Crippen molar-refractivity contribution >= 4 is 17.9 Å². The van der Waals surface area contributed by atoms with E-state index < -0.39 is 6.10 Å². The van der Waals surface area contributed by atoms with Gasteiger partial charge in [0.05, 0.1) is 0 Å².